The summed E-state index contributed by atoms with van der Waals surface area (Å²) in [6.45, 7) is 1.60. The number of methoxy groups -OCH3 is 1. The molecule has 1 saturated heterocycles. The Kier molecular flexibility index (Phi) is 6.22. The first-order valence-electron chi connectivity index (χ1n) is 15.2. The van der Waals surface area contributed by atoms with Crippen molar-refractivity contribution >= 4 is 40.2 Å². The van der Waals surface area contributed by atoms with Crippen molar-refractivity contribution in [2.24, 2.45) is 17.8 Å². The fourth-order valence-corrected chi connectivity index (χ4v) is 7.72. The summed E-state index contributed by atoms with van der Waals surface area (Å²) in [5, 5.41) is 11.1. The number of rotatable bonds is 4. The van der Waals surface area contributed by atoms with Gasteiger partial charge in [-0.3, -0.25) is 24.1 Å². The quantitative estimate of drug-likeness (QED) is 0.173. The molecular weight excluding hydrogens is 584 g/mol. The van der Waals surface area contributed by atoms with Gasteiger partial charge in [-0.05, 0) is 80.3 Å². The number of ketones is 2. The van der Waals surface area contributed by atoms with Crippen LogP contribution in [0.4, 0.5) is 5.69 Å². The molecule has 0 unspecified atom stereocenters. The maximum absolute atomic E-state index is 14.3. The maximum atomic E-state index is 14.3. The smallest absolute Gasteiger partial charge is 0.238 e. The van der Waals surface area contributed by atoms with Crippen molar-refractivity contribution in [2.75, 3.05) is 12.0 Å². The van der Waals surface area contributed by atoms with Crippen LogP contribution in [0.3, 0.4) is 0 Å². The Morgan fingerprint density at radius 2 is 1.72 bits per heavy atom. The van der Waals surface area contributed by atoms with Gasteiger partial charge in [0, 0.05) is 33.8 Å². The van der Waals surface area contributed by atoms with Crippen molar-refractivity contribution in [3.05, 3.63) is 107 Å². The van der Waals surface area contributed by atoms with Gasteiger partial charge in [0.2, 0.25) is 17.7 Å². The number of imide groups is 1. The summed E-state index contributed by atoms with van der Waals surface area (Å²) in [4.78, 5) is 61.0. The van der Waals surface area contributed by atoms with Crippen molar-refractivity contribution in [3.63, 3.8) is 0 Å². The fourth-order valence-electron chi connectivity index (χ4n) is 7.72. The number of amides is 2. The van der Waals surface area contributed by atoms with Crippen LogP contribution in [0.25, 0.3) is 22.6 Å². The molecular formula is C37H28N2O7. The molecule has 0 bridgehead atoms. The summed E-state index contributed by atoms with van der Waals surface area (Å²) in [5.41, 5.74) is 4.57. The lowest BCUT2D eigenvalue weighted by atomic mass is 9.59. The third-order valence-corrected chi connectivity index (χ3v) is 9.78. The second-order valence-corrected chi connectivity index (χ2v) is 12.2. The van der Waals surface area contributed by atoms with Crippen LogP contribution in [0.15, 0.2) is 106 Å². The zero-order chi connectivity index (χ0) is 31.9. The molecule has 9 nitrogen and oxygen atoms in total. The highest BCUT2D eigenvalue weighted by atomic mass is 16.5. The molecule has 0 radical (unpaired) electrons. The average Bonchev–Trinajstić information content (AvgIpc) is 3.61. The monoisotopic (exact) mass is 612 g/mol. The number of carbonyl (C=O) groups excluding carboxylic acids is 4. The van der Waals surface area contributed by atoms with Gasteiger partial charge in [-0.25, -0.2) is 4.98 Å². The average molecular weight is 613 g/mol. The van der Waals surface area contributed by atoms with Crippen LogP contribution >= 0.6 is 0 Å². The number of phenolic OH excluding ortho intramolecular Hbond substituents is 1. The van der Waals surface area contributed by atoms with Crippen LogP contribution in [-0.4, -0.2) is 40.6 Å². The van der Waals surface area contributed by atoms with Gasteiger partial charge in [0.05, 0.1) is 24.6 Å². The molecule has 8 rings (SSSR count). The summed E-state index contributed by atoms with van der Waals surface area (Å²) in [5.74, 6) is -3.23. The molecule has 2 heterocycles. The first-order chi connectivity index (χ1) is 22.3. The molecule has 0 saturated carbocycles. The molecule has 2 amide bonds. The zero-order valence-electron chi connectivity index (χ0n) is 25.0. The highest BCUT2D eigenvalue weighted by Crippen LogP contribution is 2.57. The molecule has 9 heteroatoms. The van der Waals surface area contributed by atoms with Crippen molar-refractivity contribution in [1.82, 2.24) is 4.98 Å². The molecule has 46 heavy (non-hydrogen) atoms. The molecule has 1 N–H and O–H groups in total. The zero-order valence-corrected chi connectivity index (χ0v) is 25.0. The van der Waals surface area contributed by atoms with E-state index in [0.29, 0.717) is 50.8 Å². The number of carbonyl (C=O) groups is 4. The molecule has 3 aliphatic carbocycles. The Balaban J connectivity index is 1.18. The second kappa shape index (κ2) is 10.2. The van der Waals surface area contributed by atoms with E-state index in [-0.39, 0.29) is 42.0 Å². The van der Waals surface area contributed by atoms with Gasteiger partial charge in [0.1, 0.15) is 17.0 Å². The van der Waals surface area contributed by atoms with E-state index < -0.39 is 23.7 Å². The highest BCUT2D eigenvalue weighted by molar-refractivity contribution is 6.25. The maximum Gasteiger partial charge on any atom is 0.238 e. The Morgan fingerprint density at radius 3 is 2.48 bits per heavy atom. The Labute approximate surface area is 263 Å². The van der Waals surface area contributed by atoms with Crippen molar-refractivity contribution in [2.45, 2.75) is 25.7 Å². The lowest BCUT2D eigenvalue weighted by molar-refractivity contribution is -0.123. The van der Waals surface area contributed by atoms with E-state index in [4.69, 9.17) is 9.15 Å². The summed E-state index contributed by atoms with van der Waals surface area (Å²) in [7, 11) is 1.48. The second-order valence-electron chi connectivity index (χ2n) is 12.2. The van der Waals surface area contributed by atoms with Crippen LogP contribution in [0.2, 0.25) is 0 Å². The van der Waals surface area contributed by atoms with Gasteiger partial charge in [-0.15, -0.1) is 0 Å². The first-order valence-corrected chi connectivity index (χ1v) is 15.2. The minimum atomic E-state index is -0.806. The number of oxazole rings is 1. The molecule has 4 atom stereocenters. The van der Waals surface area contributed by atoms with Gasteiger partial charge in [0.25, 0.3) is 0 Å². The molecule has 4 aromatic rings. The molecule has 1 fully saturated rings. The van der Waals surface area contributed by atoms with E-state index in [1.54, 1.807) is 43.3 Å². The number of para-hydroxylation sites is 2. The third kappa shape index (κ3) is 3.97. The SMILES string of the molecule is COc1cccc(O)c1[C@H]1C2=CC[C@@H]3C(=O)N(c4ccc(-c5nc6ccccc6o5)cc4)C(=O)[C@@H]3[C@@H]2CC2=C1C(=O)C=C(C)C2=O. The number of aromatic hydroxyl groups is 1. The van der Waals surface area contributed by atoms with Crippen molar-refractivity contribution in [3.8, 4) is 23.0 Å². The minimum absolute atomic E-state index is 0.0825. The van der Waals surface area contributed by atoms with E-state index in [1.807, 2.05) is 30.3 Å². The summed E-state index contributed by atoms with van der Waals surface area (Å²) in [6.07, 6.45) is 3.68. The predicted octanol–water partition coefficient (Wildman–Crippen LogP) is 5.84. The van der Waals surface area contributed by atoms with Crippen LogP contribution in [0.5, 0.6) is 11.5 Å². The van der Waals surface area contributed by atoms with E-state index in [1.165, 1.54) is 24.2 Å². The number of anilines is 1. The highest BCUT2D eigenvalue weighted by Gasteiger charge is 2.57. The predicted molar refractivity (Wildman–Crippen MR) is 168 cm³/mol. The molecule has 4 aliphatic rings. The van der Waals surface area contributed by atoms with Gasteiger partial charge in [-0.2, -0.15) is 0 Å². The lowest BCUT2D eigenvalue weighted by Crippen LogP contribution is -2.40. The van der Waals surface area contributed by atoms with E-state index in [9.17, 15) is 24.3 Å². The first kappa shape index (κ1) is 27.9. The number of hydrogen-bond acceptors (Lipinski definition) is 8. The molecule has 1 aromatic heterocycles. The number of benzene rings is 3. The molecule has 228 valence electrons. The van der Waals surface area contributed by atoms with E-state index in [0.717, 1.165) is 11.1 Å². The normalized spacial score (nSPS) is 24.1. The van der Waals surface area contributed by atoms with Crippen LogP contribution in [0, 0.1) is 17.8 Å². The topological polar surface area (TPSA) is 127 Å². The standard InChI is InChI=1S/C37H28N2O7/c1-18-16-27(41)31-24(34(18)42)17-23-21(32(31)33-26(40)7-5-9-29(33)45-2)14-15-22-30(23)37(44)39(36(22)43)20-12-10-19(11-13-20)35-38-25-6-3-4-8-28(25)46-35/h3-14,16,22-23,30,32,40H,15,17H2,1-2H3/t22-,23+,30-,32-/m0/s1. The van der Waals surface area contributed by atoms with E-state index >= 15 is 0 Å². The van der Waals surface area contributed by atoms with Gasteiger partial charge in [0.15, 0.2) is 17.1 Å². The van der Waals surface area contributed by atoms with Crippen molar-refractivity contribution < 1.29 is 33.4 Å². The molecule has 0 spiro atoms. The number of Topliss-reactive ketones (excluding diaryl/α,β-unsaturated/α-hetero) is 1. The minimum Gasteiger partial charge on any atom is -0.507 e. The number of ether oxygens (including phenoxy) is 1. The van der Waals surface area contributed by atoms with Crippen LogP contribution < -0.4 is 9.64 Å². The number of aromatic nitrogens is 1. The summed E-state index contributed by atoms with van der Waals surface area (Å²) in [6, 6.07) is 19.3. The Bertz CT molecular complexity index is 2080. The Morgan fingerprint density at radius 1 is 0.935 bits per heavy atom. The molecule has 3 aromatic carbocycles. The van der Waals surface area contributed by atoms with Gasteiger partial charge >= 0.3 is 0 Å². The fraction of sp³-hybridized carbons (Fsp3) is 0.216. The van der Waals surface area contributed by atoms with Gasteiger partial charge in [-0.1, -0.05) is 29.8 Å². The lowest BCUT2D eigenvalue weighted by Gasteiger charge is -2.42. The van der Waals surface area contributed by atoms with Gasteiger partial charge < -0.3 is 14.3 Å². The molecule has 1 aliphatic heterocycles. The number of allylic oxidation sites excluding steroid dienone is 6. The third-order valence-electron chi connectivity index (χ3n) is 9.78. The van der Waals surface area contributed by atoms with E-state index in [2.05, 4.69) is 4.98 Å². The van der Waals surface area contributed by atoms with Crippen LogP contribution in [-0.2, 0) is 19.2 Å². The number of hydrogen-bond donors (Lipinski definition) is 1. The number of fused-ring (bicyclic) bond motifs is 4. The number of nitrogens with zero attached hydrogens (tertiary/aromatic N) is 2. The summed E-state index contributed by atoms with van der Waals surface area (Å²) >= 11 is 0. The number of phenols is 1. The Hall–Kier alpha value is -5.57. The summed E-state index contributed by atoms with van der Waals surface area (Å²) < 4.78 is 11.5. The van der Waals surface area contributed by atoms with Crippen LogP contribution in [0.1, 0.15) is 31.2 Å². The largest absolute Gasteiger partial charge is 0.507 e. The van der Waals surface area contributed by atoms with Crippen molar-refractivity contribution in [1.29, 1.82) is 0 Å².